The minimum Gasteiger partial charge on any atom is -0.454 e. The average molecular weight is 262 g/mol. The quantitative estimate of drug-likeness (QED) is 0.784. The molecule has 1 atom stereocenters. The second kappa shape index (κ2) is 6.24. The van der Waals surface area contributed by atoms with Crippen LogP contribution in [0.4, 0.5) is 0 Å². The van der Waals surface area contributed by atoms with E-state index >= 15 is 0 Å². The van der Waals surface area contributed by atoms with Gasteiger partial charge in [0.2, 0.25) is 12.7 Å². The first-order valence-electron chi connectivity index (χ1n) is 6.31. The van der Waals surface area contributed by atoms with Crippen molar-refractivity contribution in [2.75, 3.05) is 13.3 Å². The summed E-state index contributed by atoms with van der Waals surface area (Å²) in [7, 11) is 0. The Morgan fingerprint density at radius 3 is 3.00 bits per heavy atom. The maximum atomic E-state index is 11.7. The van der Waals surface area contributed by atoms with Crippen molar-refractivity contribution in [1.82, 2.24) is 5.32 Å². The Labute approximate surface area is 112 Å². The third kappa shape index (κ3) is 3.48. The van der Waals surface area contributed by atoms with Gasteiger partial charge in [-0.1, -0.05) is 13.0 Å². The zero-order valence-corrected chi connectivity index (χ0v) is 10.9. The van der Waals surface area contributed by atoms with Crippen LogP contribution in [0.2, 0.25) is 0 Å². The van der Waals surface area contributed by atoms with Gasteiger partial charge in [0.05, 0.1) is 0 Å². The van der Waals surface area contributed by atoms with Crippen LogP contribution >= 0.6 is 0 Å². The molecule has 1 aromatic carbocycles. The van der Waals surface area contributed by atoms with Crippen LogP contribution in [0.1, 0.15) is 18.9 Å². The van der Waals surface area contributed by atoms with Crippen molar-refractivity contribution in [2.24, 2.45) is 5.73 Å². The molecule has 0 radical (unpaired) electrons. The molecule has 0 fully saturated rings. The summed E-state index contributed by atoms with van der Waals surface area (Å²) in [6.45, 7) is 2.68. The fourth-order valence-corrected chi connectivity index (χ4v) is 1.77. The molecule has 1 aliphatic heterocycles. The lowest BCUT2D eigenvalue weighted by atomic mass is 10.2. The first kappa shape index (κ1) is 13.4. The van der Waals surface area contributed by atoms with Crippen molar-refractivity contribution in [3.63, 3.8) is 0 Å². The number of carbonyl (C=O) groups is 1. The van der Waals surface area contributed by atoms with Crippen LogP contribution in [0.25, 0.3) is 6.08 Å². The molecule has 0 spiro atoms. The van der Waals surface area contributed by atoms with E-state index in [1.165, 1.54) is 6.08 Å². The monoisotopic (exact) mass is 262 g/mol. The van der Waals surface area contributed by atoms with Gasteiger partial charge in [-0.25, -0.2) is 0 Å². The maximum absolute atomic E-state index is 11.7. The Morgan fingerprint density at radius 2 is 2.26 bits per heavy atom. The van der Waals surface area contributed by atoms with E-state index in [4.69, 9.17) is 15.2 Å². The van der Waals surface area contributed by atoms with Crippen molar-refractivity contribution < 1.29 is 14.3 Å². The summed E-state index contributed by atoms with van der Waals surface area (Å²) < 4.78 is 10.5. The highest BCUT2D eigenvalue weighted by Crippen LogP contribution is 2.32. The van der Waals surface area contributed by atoms with Crippen molar-refractivity contribution in [1.29, 1.82) is 0 Å². The van der Waals surface area contributed by atoms with Crippen LogP contribution in [0.3, 0.4) is 0 Å². The molecule has 0 saturated heterocycles. The average Bonchev–Trinajstić information content (AvgIpc) is 2.89. The molecule has 1 aliphatic rings. The SMILES string of the molecule is CCC(CN)NC(=O)C=Cc1ccc2c(c1)OCO2. The Morgan fingerprint density at radius 1 is 1.47 bits per heavy atom. The van der Waals surface area contributed by atoms with Crippen LogP contribution in [-0.4, -0.2) is 25.3 Å². The van der Waals surface area contributed by atoms with E-state index in [0.717, 1.165) is 17.7 Å². The normalized spacial score (nSPS) is 14.6. The van der Waals surface area contributed by atoms with Crippen LogP contribution in [0, 0.1) is 0 Å². The fraction of sp³-hybridized carbons (Fsp3) is 0.357. The van der Waals surface area contributed by atoms with Crippen LogP contribution in [0.15, 0.2) is 24.3 Å². The smallest absolute Gasteiger partial charge is 0.244 e. The van der Waals surface area contributed by atoms with Gasteiger partial charge in [0.25, 0.3) is 0 Å². The number of fused-ring (bicyclic) bond motifs is 1. The summed E-state index contributed by atoms with van der Waals surface area (Å²) in [6.07, 6.45) is 4.05. The fourth-order valence-electron chi connectivity index (χ4n) is 1.77. The number of nitrogens with one attached hydrogen (secondary N) is 1. The number of hydrogen-bond acceptors (Lipinski definition) is 4. The van der Waals surface area contributed by atoms with Crippen LogP contribution in [0.5, 0.6) is 11.5 Å². The van der Waals surface area contributed by atoms with Gasteiger partial charge in [-0.3, -0.25) is 4.79 Å². The number of amides is 1. The van der Waals surface area contributed by atoms with E-state index in [1.54, 1.807) is 6.08 Å². The molecule has 1 amide bonds. The van der Waals surface area contributed by atoms with Gasteiger partial charge in [-0.05, 0) is 30.2 Å². The lowest BCUT2D eigenvalue weighted by Crippen LogP contribution is -2.38. The Balaban J connectivity index is 1.96. The maximum Gasteiger partial charge on any atom is 0.244 e. The molecule has 0 bridgehead atoms. The van der Waals surface area contributed by atoms with Gasteiger partial charge in [0.15, 0.2) is 11.5 Å². The van der Waals surface area contributed by atoms with E-state index in [1.807, 2.05) is 25.1 Å². The molecule has 1 aromatic rings. The largest absolute Gasteiger partial charge is 0.454 e. The van der Waals surface area contributed by atoms with Gasteiger partial charge in [-0.2, -0.15) is 0 Å². The second-order valence-electron chi connectivity index (χ2n) is 4.30. The van der Waals surface area contributed by atoms with Gasteiger partial charge in [0.1, 0.15) is 0 Å². The zero-order valence-electron chi connectivity index (χ0n) is 10.9. The lowest BCUT2D eigenvalue weighted by molar-refractivity contribution is -0.117. The molecule has 0 aliphatic carbocycles. The van der Waals surface area contributed by atoms with E-state index in [0.29, 0.717) is 12.3 Å². The third-order valence-electron chi connectivity index (χ3n) is 2.95. The summed E-state index contributed by atoms with van der Waals surface area (Å²) in [5.41, 5.74) is 6.42. The standard InChI is InChI=1S/C14H18N2O3/c1-2-11(8-15)16-14(17)6-4-10-3-5-12-13(7-10)19-9-18-12/h3-7,11H,2,8-9,15H2,1H3,(H,16,17). The lowest BCUT2D eigenvalue weighted by Gasteiger charge is -2.12. The number of hydrogen-bond donors (Lipinski definition) is 2. The molecule has 5 heteroatoms. The Kier molecular flexibility index (Phi) is 4.41. The van der Waals surface area contributed by atoms with Gasteiger partial charge >= 0.3 is 0 Å². The van der Waals surface area contributed by atoms with Gasteiger partial charge in [0, 0.05) is 18.7 Å². The number of ether oxygens (including phenoxy) is 2. The molecular formula is C14H18N2O3. The molecule has 1 heterocycles. The molecule has 19 heavy (non-hydrogen) atoms. The predicted molar refractivity (Wildman–Crippen MR) is 72.9 cm³/mol. The van der Waals surface area contributed by atoms with E-state index < -0.39 is 0 Å². The summed E-state index contributed by atoms with van der Waals surface area (Å²) in [5, 5.41) is 2.83. The molecular weight excluding hydrogens is 244 g/mol. The second-order valence-corrected chi connectivity index (χ2v) is 4.30. The molecule has 102 valence electrons. The van der Waals surface area contributed by atoms with E-state index in [2.05, 4.69) is 5.32 Å². The van der Waals surface area contributed by atoms with Crippen molar-refractivity contribution >= 4 is 12.0 Å². The number of carbonyl (C=O) groups excluding carboxylic acids is 1. The molecule has 2 rings (SSSR count). The minimum absolute atomic E-state index is 0.0221. The number of rotatable bonds is 5. The van der Waals surface area contributed by atoms with Crippen molar-refractivity contribution in [3.05, 3.63) is 29.8 Å². The van der Waals surface area contributed by atoms with Crippen LogP contribution < -0.4 is 20.5 Å². The molecule has 1 unspecified atom stereocenters. The highest BCUT2D eigenvalue weighted by Gasteiger charge is 2.12. The summed E-state index contributed by atoms with van der Waals surface area (Å²) >= 11 is 0. The van der Waals surface area contributed by atoms with Crippen molar-refractivity contribution in [2.45, 2.75) is 19.4 Å². The summed E-state index contributed by atoms with van der Waals surface area (Å²) in [6, 6.07) is 5.56. The number of nitrogens with two attached hydrogens (primary N) is 1. The van der Waals surface area contributed by atoms with E-state index in [9.17, 15) is 4.79 Å². The summed E-state index contributed by atoms with van der Waals surface area (Å²) in [5.74, 6) is 1.29. The van der Waals surface area contributed by atoms with Gasteiger partial charge < -0.3 is 20.5 Å². The first-order chi connectivity index (χ1) is 9.22. The molecule has 0 saturated carbocycles. The highest BCUT2D eigenvalue weighted by molar-refractivity contribution is 5.92. The van der Waals surface area contributed by atoms with E-state index in [-0.39, 0.29) is 18.7 Å². The molecule has 3 N–H and O–H groups in total. The molecule has 0 aromatic heterocycles. The van der Waals surface area contributed by atoms with Crippen LogP contribution in [-0.2, 0) is 4.79 Å². The topological polar surface area (TPSA) is 73.6 Å². The Bertz CT molecular complexity index is 482. The summed E-state index contributed by atoms with van der Waals surface area (Å²) in [4.78, 5) is 11.7. The van der Waals surface area contributed by atoms with Gasteiger partial charge in [-0.15, -0.1) is 0 Å². The first-order valence-corrected chi connectivity index (χ1v) is 6.31. The zero-order chi connectivity index (χ0) is 13.7. The third-order valence-corrected chi connectivity index (χ3v) is 2.95. The molecule has 5 nitrogen and oxygen atoms in total. The Hall–Kier alpha value is -2.01. The number of benzene rings is 1. The van der Waals surface area contributed by atoms with Crippen molar-refractivity contribution in [3.8, 4) is 11.5 Å². The minimum atomic E-state index is -0.144. The predicted octanol–water partition coefficient (Wildman–Crippen LogP) is 1.28. The highest BCUT2D eigenvalue weighted by atomic mass is 16.7.